The highest BCUT2D eigenvalue weighted by atomic mass is 16.7. The molecule has 0 unspecified atom stereocenters. The largest absolute Gasteiger partial charge is 0.490 e. The van der Waals surface area contributed by atoms with E-state index in [1.54, 1.807) is 17.1 Å². The summed E-state index contributed by atoms with van der Waals surface area (Å²) in [5.74, 6) is -0.556. The fourth-order valence-corrected chi connectivity index (χ4v) is 8.45. The normalized spacial score (nSPS) is 24.4. The number of aliphatic hydroxyl groups excluding tert-OH is 2. The zero-order valence-electron chi connectivity index (χ0n) is 32.0. The second-order valence-corrected chi connectivity index (χ2v) is 14.1. The number of nitrogens with zero attached hydrogens (tertiary/aromatic N) is 3. The van der Waals surface area contributed by atoms with Gasteiger partial charge >= 0.3 is 6.09 Å². The van der Waals surface area contributed by atoms with Crippen LogP contribution in [0.2, 0.25) is 0 Å². The van der Waals surface area contributed by atoms with E-state index in [-0.39, 0.29) is 62.0 Å². The molecule has 13 nitrogen and oxygen atoms in total. The number of non-ortho nitro benzene ring substituents is 1. The maximum Gasteiger partial charge on any atom is 0.415 e. The lowest BCUT2D eigenvalue weighted by Gasteiger charge is -2.59. The van der Waals surface area contributed by atoms with Crippen molar-refractivity contribution in [2.75, 3.05) is 39.6 Å². The zero-order chi connectivity index (χ0) is 39.4. The highest BCUT2D eigenvalue weighted by Gasteiger charge is 2.65. The van der Waals surface area contributed by atoms with Gasteiger partial charge in [-0.2, -0.15) is 0 Å². The molecule has 1 aliphatic heterocycles. The average molecular weight is 762 g/mol. The Labute approximate surface area is 323 Å². The van der Waals surface area contributed by atoms with Crippen molar-refractivity contribution in [1.29, 1.82) is 0 Å². The van der Waals surface area contributed by atoms with Crippen LogP contribution in [0, 0.1) is 27.9 Å². The third kappa shape index (κ3) is 9.22. The van der Waals surface area contributed by atoms with E-state index in [4.69, 9.17) is 28.9 Å². The summed E-state index contributed by atoms with van der Waals surface area (Å²) in [6.45, 7) is 12.9. The van der Waals surface area contributed by atoms with Gasteiger partial charge in [-0.3, -0.25) is 15.0 Å². The van der Waals surface area contributed by atoms with Crippen LogP contribution in [0.25, 0.3) is 0 Å². The van der Waals surface area contributed by atoms with E-state index < -0.39 is 28.8 Å². The van der Waals surface area contributed by atoms with Crippen molar-refractivity contribution in [2.24, 2.45) is 22.9 Å². The summed E-state index contributed by atoms with van der Waals surface area (Å²) in [6, 6.07) is 10.4. The first kappa shape index (κ1) is 41.4. The first-order chi connectivity index (χ1) is 26.8. The molecule has 2 aromatic carbocycles. The minimum absolute atomic E-state index is 0.0572. The van der Waals surface area contributed by atoms with Gasteiger partial charge in [0.2, 0.25) is 5.79 Å². The molecule has 0 spiro atoms. The smallest absolute Gasteiger partial charge is 0.415 e. The molecule has 2 aliphatic carbocycles. The molecule has 0 bridgehead atoms. The van der Waals surface area contributed by atoms with Gasteiger partial charge in [0.15, 0.2) is 0 Å². The number of aliphatic hydroxyl groups is 2. The maximum atomic E-state index is 14.4. The Morgan fingerprint density at radius 1 is 1.04 bits per heavy atom. The van der Waals surface area contributed by atoms with E-state index in [1.807, 2.05) is 32.0 Å². The predicted molar refractivity (Wildman–Crippen MR) is 208 cm³/mol. The molecule has 55 heavy (non-hydrogen) atoms. The summed E-state index contributed by atoms with van der Waals surface area (Å²) < 4.78 is 26.1. The van der Waals surface area contributed by atoms with E-state index in [1.165, 1.54) is 24.3 Å². The van der Waals surface area contributed by atoms with Gasteiger partial charge in [0.25, 0.3) is 5.69 Å². The molecule has 0 saturated heterocycles. The lowest BCUT2D eigenvalue weighted by Crippen LogP contribution is -2.70. The SMILES string of the molecule is C=CCOc1ccc2c(c1)[C@H]1[C@H](CCCCO)[C@@H](CCCCO)C=C3C(=NOCC)C[C@H](N(CCC)C(=O)Oc4ccc([N+](=O)[O-])cc4)[C@@](OCC=C)(O2)[C@H]31. The van der Waals surface area contributed by atoms with Gasteiger partial charge in [-0.25, -0.2) is 4.79 Å². The number of rotatable bonds is 21. The van der Waals surface area contributed by atoms with Crippen molar-refractivity contribution in [2.45, 2.75) is 83.0 Å². The average Bonchev–Trinajstić information content (AvgIpc) is 3.19. The number of ether oxygens (including phenoxy) is 4. The summed E-state index contributed by atoms with van der Waals surface area (Å²) in [4.78, 5) is 32.6. The van der Waals surface area contributed by atoms with Crippen LogP contribution in [0.3, 0.4) is 0 Å². The number of nitro benzene ring substituents is 1. The molecular weight excluding hydrogens is 706 g/mol. The molecule has 6 atom stereocenters. The van der Waals surface area contributed by atoms with Crippen LogP contribution >= 0.6 is 0 Å². The third-order valence-electron chi connectivity index (χ3n) is 10.6. The molecule has 3 aliphatic rings. The van der Waals surface area contributed by atoms with Gasteiger partial charge in [0.05, 0.1) is 23.2 Å². The van der Waals surface area contributed by atoms with Crippen molar-refractivity contribution in [3.63, 3.8) is 0 Å². The first-order valence-electron chi connectivity index (χ1n) is 19.4. The summed E-state index contributed by atoms with van der Waals surface area (Å²) in [5.41, 5.74) is 2.43. The number of amides is 1. The summed E-state index contributed by atoms with van der Waals surface area (Å²) in [7, 11) is 0. The van der Waals surface area contributed by atoms with E-state index in [2.05, 4.69) is 19.2 Å². The lowest BCUT2D eigenvalue weighted by atomic mass is 9.55. The van der Waals surface area contributed by atoms with Crippen molar-refractivity contribution >= 4 is 17.5 Å². The van der Waals surface area contributed by atoms with Crippen LogP contribution < -0.4 is 14.2 Å². The Kier molecular flexibility index (Phi) is 14.9. The minimum Gasteiger partial charge on any atom is -0.490 e. The van der Waals surface area contributed by atoms with Crippen molar-refractivity contribution < 1.29 is 43.7 Å². The van der Waals surface area contributed by atoms with Crippen LogP contribution in [0.5, 0.6) is 17.2 Å². The van der Waals surface area contributed by atoms with Gasteiger partial charge in [0, 0.05) is 49.8 Å². The molecule has 1 heterocycles. The van der Waals surface area contributed by atoms with Crippen molar-refractivity contribution in [3.05, 3.63) is 95.1 Å². The van der Waals surface area contributed by atoms with Crippen LogP contribution in [-0.2, 0) is 9.57 Å². The van der Waals surface area contributed by atoms with Crippen LogP contribution in [0.15, 0.2) is 84.6 Å². The Hall–Kier alpha value is -4.72. The van der Waals surface area contributed by atoms with Gasteiger partial charge in [-0.15, -0.1) is 6.58 Å². The Balaban J connectivity index is 1.73. The molecule has 1 amide bonds. The molecule has 2 aromatic rings. The van der Waals surface area contributed by atoms with E-state index in [9.17, 15) is 25.1 Å². The Morgan fingerprint density at radius 2 is 1.75 bits per heavy atom. The molecule has 1 fully saturated rings. The number of carbonyl (C=O) groups is 1. The Morgan fingerprint density at radius 3 is 2.40 bits per heavy atom. The quantitative estimate of drug-likeness (QED) is 0.0557. The zero-order valence-corrected chi connectivity index (χ0v) is 32.0. The lowest BCUT2D eigenvalue weighted by molar-refractivity contribution is -0.384. The van der Waals surface area contributed by atoms with Crippen molar-refractivity contribution in [1.82, 2.24) is 4.90 Å². The van der Waals surface area contributed by atoms with E-state index in [0.29, 0.717) is 49.7 Å². The monoisotopic (exact) mass is 761 g/mol. The number of carbonyl (C=O) groups excluding carboxylic acids is 1. The summed E-state index contributed by atoms with van der Waals surface area (Å²) in [5, 5.41) is 35.6. The van der Waals surface area contributed by atoms with Crippen LogP contribution in [0.1, 0.15) is 76.7 Å². The molecule has 0 aromatic heterocycles. The molecule has 0 radical (unpaired) electrons. The number of nitro groups is 1. The summed E-state index contributed by atoms with van der Waals surface area (Å²) in [6.07, 6.45) is 10.3. The highest BCUT2D eigenvalue weighted by molar-refractivity contribution is 6.03. The standard InChI is InChI=1S/C42H55N3O10/c1-5-21-44(41(48)54-31-17-15-30(16-18-31)45(49)50)38-28-36(43-53-8-4)34-26-29(13-9-11-22-46)33(14-10-12-23-47)39-35-27-32(51-24-6-2)19-20-37(35)55-42(38,40(34)39)52-25-7-3/h6-7,15-20,26-27,29,33,38-40,46-47H,2-3,5,8-14,21-25,28H2,1,4H3/t29-,33+,38-,39+,40+,42+/m0/s1. The Bertz CT molecular complexity index is 1690. The van der Waals surface area contributed by atoms with Gasteiger partial charge in [-0.1, -0.05) is 49.7 Å². The van der Waals surface area contributed by atoms with E-state index >= 15 is 0 Å². The predicted octanol–water partition coefficient (Wildman–Crippen LogP) is 7.72. The number of oxime groups is 1. The van der Waals surface area contributed by atoms with Crippen molar-refractivity contribution in [3.8, 4) is 17.2 Å². The number of hydrogen-bond acceptors (Lipinski definition) is 11. The number of unbranched alkanes of at least 4 members (excludes halogenated alkanes) is 2. The van der Waals surface area contributed by atoms with Crippen LogP contribution in [0.4, 0.5) is 10.5 Å². The number of benzene rings is 2. The second-order valence-electron chi connectivity index (χ2n) is 14.1. The molecule has 1 saturated carbocycles. The molecule has 298 valence electrons. The minimum atomic E-state index is -1.44. The maximum absolute atomic E-state index is 14.4. The molecule has 2 N–H and O–H groups in total. The van der Waals surface area contributed by atoms with Gasteiger partial charge < -0.3 is 34.0 Å². The number of fused-ring (bicyclic) bond motifs is 2. The fraction of sp³-hybridized carbons (Fsp3) is 0.524. The molecule has 13 heteroatoms. The topological polar surface area (TPSA) is 162 Å². The molecular formula is C42H55N3O10. The first-order valence-corrected chi connectivity index (χ1v) is 19.4. The van der Waals surface area contributed by atoms with Crippen LogP contribution in [-0.4, -0.2) is 83.2 Å². The second kappa shape index (κ2) is 19.7. The van der Waals surface area contributed by atoms with Gasteiger partial charge in [-0.05, 0) is 86.8 Å². The van der Waals surface area contributed by atoms with E-state index in [0.717, 1.165) is 36.8 Å². The fourth-order valence-electron chi connectivity index (χ4n) is 8.45. The third-order valence-corrected chi connectivity index (χ3v) is 10.6. The highest BCUT2D eigenvalue weighted by Crippen LogP contribution is 2.62. The molecule has 5 rings (SSSR count). The summed E-state index contributed by atoms with van der Waals surface area (Å²) >= 11 is 0. The number of hydrogen-bond donors (Lipinski definition) is 2. The van der Waals surface area contributed by atoms with Gasteiger partial charge in [0.1, 0.15) is 36.5 Å². The number of allylic oxidation sites excluding steroid dienone is 1.